The second-order valence-corrected chi connectivity index (χ2v) is 2.34. The first-order chi connectivity index (χ1) is 5.75. The van der Waals surface area contributed by atoms with Gasteiger partial charge in [-0.05, 0) is 12.1 Å². The standard InChI is InChI=1S/C8H4FN2O/c9-5-1-2-6-7(3-5)10-4-8(12)11-6/h1-4H. The Kier molecular flexibility index (Phi) is 1.40. The van der Waals surface area contributed by atoms with Crippen molar-refractivity contribution >= 4 is 23.5 Å². The molecule has 12 heavy (non-hydrogen) atoms. The molecule has 1 amide bonds. The predicted octanol–water partition coefficient (Wildman–Crippen LogP) is 1.30. The van der Waals surface area contributed by atoms with Crippen LogP contribution in [0.2, 0.25) is 0 Å². The van der Waals surface area contributed by atoms with E-state index >= 15 is 0 Å². The van der Waals surface area contributed by atoms with Gasteiger partial charge in [0.05, 0.1) is 17.6 Å². The highest BCUT2D eigenvalue weighted by molar-refractivity contribution is 6.29. The van der Waals surface area contributed by atoms with E-state index in [1.165, 1.54) is 18.2 Å². The van der Waals surface area contributed by atoms with E-state index < -0.39 is 5.91 Å². The van der Waals surface area contributed by atoms with E-state index in [0.717, 1.165) is 6.21 Å². The van der Waals surface area contributed by atoms with Crippen molar-refractivity contribution in [3.8, 4) is 0 Å². The minimum Gasteiger partial charge on any atom is -0.266 e. The number of benzene rings is 1. The minimum atomic E-state index is -0.408. The number of halogens is 1. The third-order valence-corrected chi connectivity index (χ3v) is 1.48. The summed E-state index contributed by atoms with van der Waals surface area (Å²) in [7, 11) is 0. The van der Waals surface area contributed by atoms with E-state index in [4.69, 9.17) is 0 Å². The van der Waals surface area contributed by atoms with Crippen LogP contribution in [0.25, 0.3) is 0 Å². The van der Waals surface area contributed by atoms with Crippen molar-refractivity contribution in [2.45, 2.75) is 0 Å². The molecule has 0 bridgehead atoms. The Balaban J connectivity index is 2.54. The lowest BCUT2D eigenvalue weighted by Crippen LogP contribution is -2.14. The topological polar surface area (TPSA) is 43.5 Å². The van der Waals surface area contributed by atoms with Crippen LogP contribution in [-0.2, 0) is 4.79 Å². The van der Waals surface area contributed by atoms with Gasteiger partial charge in [-0.25, -0.2) is 14.7 Å². The molecule has 0 aliphatic carbocycles. The predicted molar refractivity (Wildman–Crippen MR) is 41.4 cm³/mol. The lowest BCUT2D eigenvalue weighted by Gasteiger charge is -2.06. The molecule has 59 valence electrons. The summed E-state index contributed by atoms with van der Waals surface area (Å²) in [5.41, 5.74) is 0.818. The van der Waals surface area contributed by atoms with Crippen molar-refractivity contribution in [3.05, 3.63) is 24.0 Å². The van der Waals surface area contributed by atoms with E-state index in [9.17, 15) is 9.18 Å². The van der Waals surface area contributed by atoms with Crippen LogP contribution in [0.5, 0.6) is 0 Å². The van der Waals surface area contributed by atoms with Crippen molar-refractivity contribution in [3.63, 3.8) is 0 Å². The van der Waals surface area contributed by atoms with E-state index in [1.807, 2.05) is 0 Å². The zero-order chi connectivity index (χ0) is 8.55. The highest BCUT2D eigenvalue weighted by Gasteiger charge is 2.12. The summed E-state index contributed by atoms with van der Waals surface area (Å²) in [6, 6.07) is 3.91. The quantitative estimate of drug-likeness (QED) is 0.568. The van der Waals surface area contributed by atoms with Crippen LogP contribution in [-0.4, -0.2) is 12.1 Å². The zero-order valence-corrected chi connectivity index (χ0v) is 5.99. The third-order valence-electron chi connectivity index (χ3n) is 1.48. The molecule has 3 nitrogen and oxygen atoms in total. The Labute approximate surface area is 67.9 Å². The first-order valence-electron chi connectivity index (χ1n) is 3.35. The summed E-state index contributed by atoms with van der Waals surface area (Å²) in [6.45, 7) is 0. The van der Waals surface area contributed by atoms with Gasteiger partial charge >= 0.3 is 0 Å². The van der Waals surface area contributed by atoms with Crippen LogP contribution in [0.3, 0.4) is 0 Å². The molecular weight excluding hydrogens is 159 g/mol. The monoisotopic (exact) mass is 163 g/mol. The number of nitrogens with zero attached hydrogens (tertiary/aromatic N) is 2. The lowest BCUT2D eigenvalue weighted by atomic mass is 10.2. The maximum Gasteiger partial charge on any atom is 0.288 e. The van der Waals surface area contributed by atoms with Gasteiger partial charge in [0.1, 0.15) is 5.82 Å². The molecule has 0 unspecified atom stereocenters. The average Bonchev–Trinajstić information content (AvgIpc) is 2.05. The van der Waals surface area contributed by atoms with E-state index in [-0.39, 0.29) is 5.82 Å². The summed E-state index contributed by atoms with van der Waals surface area (Å²) in [4.78, 5) is 14.4. The summed E-state index contributed by atoms with van der Waals surface area (Å²) < 4.78 is 12.6. The van der Waals surface area contributed by atoms with E-state index in [1.54, 1.807) is 0 Å². The highest BCUT2D eigenvalue weighted by atomic mass is 19.1. The summed E-state index contributed by atoms with van der Waals surface area (Å²) >= 11 is 0. The Morgan fingerprint density at radius 2 is 2.08 bits per heavy atom. The van der Waals surface area contributed by atoms with Gasteiger partial charge in [-0.3, -0.25) is 4.79 Å². The van der Waals surface area contributed by atoms with Gasteiger partial charge in [0, 0.05) is 6.07 Å². The molecule has 0 fully saturated rings. The molecule has 1 aromatic rings. The second-order valence-electron chi connectivity index (χ2n) is 2.34. The Morgan fingerprint density at radius 3 is 2.92 bits per heavy atom. The van der Waals surface area contributed by atoms with Gasteiger partial charge in [-0.2, -0.15) is 0 Å². The van der Waals surface area contributed by atoms with Gasteiger partial charge in [0.2, 0.25) is 0 Å². The molecule has 1 radical (unpaired) electrons. The van der Waals surface area contributed by atoms with E-state index in [2.05, 4.69) is 10.3 Å². The smallest absolute Gasteiger partial charge is 0.266 e. The number of fused-ring (bicyclic) bond motifs is 1. The minimum absolute atomic E-state index is 0.379. The number of hydrogen-bond acceptors (Lipinski definition) is 2. The number of carbonyl (C=O) groups is 1. The van der Waals surface area contributed by atoms with Crippen molar-refractivity contribution in [2.75, 3.05) is 0 Å². The van der Waals surface area contributed by atoms with E-state index in [0.29, 0.717) is 11.4 Å². The molecule has 0 N–H and O–H groups in total. The average molecular weight is 163 g/mol. The molecule has 0 saturated carbocycles. The Morgan fingerprint density at radius 1 is 1.25 bits per heavy atom. The van der Waals surface area contributed by atoms with Gasteiger partial charge in [-0.15, -0.1) is 0 Å². The fourth-order valence-electron chi connectivity index (χ4n) is 0.967. The summed E-state index contributed by atoms with van der Waals surface area (Å²) in [5.74, 6) is -0.787. The van der Waals surface area contributed by atoms with Crippen LogP contribution >= 0.6 is 0 Å². The number of aliphatic imine (C=N–C) groups is 1. The maximum absolute atomic E-state index is 12.6. The zero-order valence-electron chi connectivity index (χ0n) is 5.99. The molecule has 0 saturated heterocycles. The highest BCUT2D eigenvalue weighted by Crippen LogP contribution is 2.27. The normalized spacial score (nSPS) is 13.9. The third kappa shape index (κ3) is 1.07. The van der Waals surface area contributed by atoms with Gasteiger partial charge < -0.3 is 0 Å². The summed E-state index contributed by atoms with van der Waals surface area (Å²) in [5, 5.41) is 3.63. The molecular formula is C8H4FN2O. The molecule has 1 aromatic carbocycles. The van der Waals surface area contributed by atoms with Crippen LogP contribution in [0.4, 0.5) is 15.8 Å². The Bertz CT molecular complexity index is 373. The first kappa shape index (κ1) is 6.97. The van der Waals surface area contributed by atoms with Gasteiger partial charge in [-0.1, -0.05) is 0 Å². The van der Waals surface area contributed by atoms with Crippen molar-refractivity contribution in [2.24, 2.45) is 4.99 Å². The number of rotatable bonds is 0. The number of carbonyl (C=O) groups excluding carboxylic acids is 1. The van der Waals surface area contributed by atoms with Crippen LogP contribution in [0.1, 0.15) is 0 Å². The fraction of sp³-hybridized carbons (Fsp3) is 0. The SMILES string of the molecule is O=C1C=Nc2cc(F)ccc2[N]1. The van der Waals surface area contributed by atoms with Crippen LogP contribution in [0, 0.1) is 5.82 Å². The molecule has 1 aliphatic rings. The van der Waals surface area contributed by atoms with Crippen molar-refractivity contribution < 1.29 is 9.18 Å². The largest absolute Gasteiger partial charge is 0.288 e. The molecule has 4 heteroatoms. The second kappa shape index (κ2) is 2.41. The van der Waals surface area contributed by atoms with Crippen LogP contribution in [0.15, 0.2) is 23.2 Å². The summed E-state index contributed by atoms with van der Waals surface area (Å²) in [6.07, 6.45) is 1.07. The fourth-order valence-corrected chi connectivity index (χ4v) is 0.967. The Hall–Kier alpha value is -1.71. The van der Waals surface area contributed by atoms with Crippen LogP contribution < -0.4 is 5.32 Å². The van der Waals surface area contributed by atoms with Crippen molar-refractivity contribution in [1.82, 2.24) is 5.32 Å². The molecule has 2 rings (SSSR count). The molecule has 1 heterocycles. The van der Waals surface area contributed by atoms with Gasteiger partial charge in [0.25, 0.3) is 5.91 Å². The number of amides is 1. The molecule has 0 aromatic heterocycles. The molecule has 0 atom stereocenters. The number of hydrogen-bond donors (Lipinski definition) is 0. The van der Waals surface area contributed by atoms with Gasteiger partial charge in [0.15, 0.2) is 0 Å². The maximum atomic E-state index is 12.6. The molecule has 1 aliphatic heterocycles. The lowest BCUT2D eigenvalue weighted by molar-refractivity contribution is -0.113. The van der Waals surface area contributed by atoms with Crippen molar-refractivity contribution in [1.29, 1.82) is 0 Å². The molecule has 0 spiro atoms. The first-order valence-corrected chi connectivity index (χ1v) is 3.35.